The molecule has 2 aromatic heterocycles. The molecule has 3 rings (SSSR count). The molecule has 1 aromatic carbocycles. The summed E-state index contributed by atoms with van der Waals surface area (Å²) in [6.45, 7) is 0. The molecule has 0 spiro atoms. The molecule has 0 radical (unpaired) electrons. The van der Waals surface area contributed by atoms with Crippen molar-refractivity contribution < 1.29 is 4.92 Å². The summed E-state index contributed by atoms with van der Waals surface area (Å²) in [7, 11) is 0. The van der Waals surface area contributed by atoms with Gasteiger partial charge in [-0.05, 0) is 34.1 Å². The van der Waals surface area contributed by atoms with Gasteiger partial charge in [0.05, 0.1) is 20.7 Å². The molecular weight excluding hydrogens is 310 g/mol. The fraction of sp³-hybridized carbons (Fsp3) is 0. The van der Waals surface area contributed by atoms with E-state index >= 15 is 0 Å². The number of aromatic nitrogens is 2. The molecule has 0 saturated carbocycles. The second kappa shape index (κ2) is 4.47. The Morgan fingerprint density at radius 1 is 1.21 bits per heavy atom. The molecule has 0 saturated heterocycles. The SMILES string of the molecule is O=[N+]([O-])c1ccccc1-c1cn2cccc(Br)c2n1. The van der Waals surface area contributed by atoms with E-state index in [1.54, 1.807) is 24.4 Å². The Hall–Kier alpha value is -2.21. The highest BCUT2D eigenvalue weighted by atomic mass is 79.9. The average Bonchev–Trinajstić information content (AvgIpc) is 2.84. The molecule has 3 aromatic rings. The quantitative estimate of drug-likeness (QED) is 0.535. The van der Waals surface area contributed by atoms with E-state index in [0.717, 1.165) is 10.1 Å². The third-order valence-corrected chi connectivity index (χ3v) is 3.43. The molecule has 0 bridgehead atoms. The van der Waals surface area contributed by atoms with Crippen LogP contribution in [0.1, 0.15) is 0 Å². The topological polar surface area (TPSA) is 60.4 Å². The standard InChI is InChI=1S/C13H8BrN3O2/c14-10-5-3-7-16-8-11(15-13(10)16)9-4-1-2-6-12(9)17(18)19/h1-8H. The fourth-order valence-electron chi connectivity index (χ4n) is 1.96. The zero-order valence-electron chi connectivity index (χ0n) is 9.65. The van der Waals surface area contributed by atoms with Crippen LogP contribution in [0.25, 0.3) is 16.9 Å². The van der Waals surface area contributed by atoms with Gasteiger partial charge in [0, 0.05) is 18.5 Å². The third kappa shape index (κ3) is 2.00. The number of nitrogens with zero attached hydrogens (tertiary/aromatic N) is 3. The number of pyridine rings is 1. The Balaban J connectivity index is 2.25. The first kappa shape index (κ1) is 11.9. The van der Waals surface area contributed by atoms with Crippen LogP contribution in [0, 0.1) is 10.1 Å². The van der Waals surface area contributed by atoms with E-state index in [4.69, 9.17) is 0 Å². The van der Waals surface area contributed by atoms with E-state index in [0.29, 0.717) is 11.3 Å². The molecule has 2 heterocycles. The highest BCUT2D eigenvalue weighted by Gasteiger charge is 2.17. The highest BCUT2D eigenvalue weighted by molar-refractivity contribution is 9.10. The summed E-state index contributed by atoms with van der Waals surface area (Å²) in [5.74, 6) is 0. The molecule has 0 atom stereocenters. The van der Waals surface area contributed by atoms with E-state index in [1.165, 1.54) is 6.07 Å². The number of rotatable bonds is 2. The first-order valence-electron chi connectivity index (χ1n) is 5.54. The Morgan fingerprint density at radius 3 is 2.74 bits per heavy atom. The van der Waals surface area contributed by atoms with Crippen LogP contribution in [-0.4, -0.2) is 14.3 Å². The van der Waals surface area contributed by atoms with Crippen molar-refractivity contribution in [3.8, 4) is 11.3 Å². The number of hydrogen-bond donors (Lipinski definition) is 0. The average molecular weight is 318 g/mol. The monoisotopic (exact) mass is 317 g/mol. The summed E-state index contributed by atoms with van der Waals surface area (Å²) < 4.78 is 2.68. The first-order chi connectivity index (χ1) is 9.16. The molecule has 6 heteroatoms. The Bertz CT molecular complexity index is 782. The molecular formula is C13H8BrN3O2. The van der Waals surface area contributed by atoms with Crippen LogP contribution in [0.2, 0.25) is 0 Å². The van der Waals surface area contributed by atoms with Crippen molar-refractivity contribution in [3.05, 3.63) is 63.4 Å². The number of halogens is 1. The minimum absolute atomic E-state index is 0.0574. The van der Waals surface area contributed by atoms with Crippen LogP contribution in [0.5, 0.6) is 0 Å². The third-order valence-electron chi connectivity index (χ3n) is 2.81. The van der Waals surface area contributed by atoms with Crippen molar-refractivity contribution in [3.63, 3.8) is 0 Å². The number of para-hydroxylation sites is 1. The van der Waals surface area contributed by atoms with Crippen molar-refractivity contribution >= 4 is 27.3 Å². The maximum atomic E-state index is 11.0. The number of fused-ring (bicyclic) bond motifs is 1. The normalized spacial score (nSPS) is 10.8. The van der Waals surface area contributed by atoms with Crippen LogP contribution in [0.3, 0.4) is 0 Å². The minimum Gasteiger partial charge on any atom is -0.306 e. The van der Waals surface area contributed by atoms with Gasteiger partial charge < -0.3 is 4.40 Å². The maximum Gasteiger partial charge on any atom is 0.278 e. The van der Waals surface area contributed by atoms with Gasteiger partial charge in [0.1, 0.15) is 0 Å². The van der Waals surface area contributed by atoms with Crippen molar-refractivity contribution in [1.29, 1.82) is 0 Å². The van der Waals surface area contributed by atoms with Crippen LogP contribution in [0.15, 0.2) is 53.3 Å². The number of hydrogen-bond acceptors (Lipinski definition) is 3. The lowest BCUT2D eigenvalue weighted by atomic mass is 10.1. The largest absolute Gasteiger partial charge is 0.306 e. The zero-order chi connectivity index (χ0) is 13.4. The molecule has 19 heavy (non-hydrogen) atoms. The molecule has 5 nitrogen and oxygen atoms in total. The fourth-order valence-corrected chi connectivity index (χ4v) is 2.40. The van der Waals surface area contributed by atoms with Crippen LogP contribution >= 0.6 is 15.9 Å². The van der Waals surface area contributed by atoms with Crippen LogP contribution < -0.4 is 0 Å². The van der Waals surface area contributed by atoms with Gasteiger partial charge in [-0.25, -0.2) is 4.98 Å². The molecule has 0 unspecified atom stereocenters. The van der Waals surface area contributed by atoms with Gasteiger partial charge in [-0.15, -0.1) is 0 Å². The number of benzene rings is 1. The van der Waals surface area contributed by atoms with E-state index < -0.39 is 4.92 Å². The molecule has 0 aliphatic rings. The first-order valence-corrected chi connectivity index (χ1v) is 6.33. The van der Waals surface area contributed by atoms with E-state index in [-0.39, 0.29) is 5.69 Å². The minimum atomic E-state index is -0.394. The van der Waals surface area contributed by atoms with Gasteiger partial charge in [0.25, 0.3) is 5.69 Å². The Kier molecular flexibility index (Phi) is 2.79. The predicted octanol–water partition coefficient (Wildman–Crippen LogP) is 3.67. The van der Waals surface area contributed by atoms with Gasteiger partial charge in [-0.1, -0.05) is 12.1 Å². The summed E-state index contributed by atoms with van der Waals surface area (Å²) >= 11 is 3.41. The molecule has 0 fully saturated rings. The molecule has 0 N–H and O–H groups in total. The van der Waals surface area contributed by atoms with Crippen LogP contribution in [-0.2, 0) is 0 Å². The Morgan fingerprint density at radius 2 is 2.00 bits per heavy atom. The van der Waals surface area contributed by atoms with Crippen molar-refractivity contribution in [2.75, 3.05) is 0 Å². The van der Waals surface area contributed by atoms with Crippen LogP contribution in [0.4, 0.5) is 5.69 Å². The number of nitro groups is 1. The van der Waals surface area contributed by atoms with E-state index in [1.807, 2.05) is 22.7 Å². The zero-order valence-corrected chi connectivity index (χ0v) is 11.2. The van der Waals surface area contributed by atoms with Gasteiger partial charge in [0.15, 0.2) is 5.65 Å². The van der Waals surface area contributed by atoms with E-state index in [9.17, 15) is 10.1 Å². The lowest BCUT2D eigenvalue weighted by molar-refractivity contribution is -0.384. The predicted molar refractivity (Wildman–Crippen MR) is 75.0 cm³/mol. The summed E-state index contributed by atoms with van der Waals surface area (Å²) in [5.41, 5.74) is 1.89. The van der Waals surface area contributed by atoms with Crippen molar-refractivity contribution in [2.45, 2.75) is 0 Å². The summed E-state index contributed by atoms with van der Waals surface area (Å²) in [6, 6.07) is 10.4. The molecule has 0 amide bonds. The molecule has 0 aliphatic heterocycles. The second-order valence-electron chi connectivity index (χ2n) is 3.99. The number of nitro benzene ring substituents is 1. The summed E-state index contributed by atoms with van der Waals surface area (Å²) in [5, 5.41) is 11.0. The lowest BCUT2D eigenvalue weighted by Gasteiger charge is -1.97. The maximum absolute atomic E-state index is 11.0. The molecule has 0 aliphatic carbocycles. The summed E-state index contributed by atoms with van der Waals surface area (Å²) in [6.07, 6.45) is 3.63. The van der Waals surface area contributed by atoms with Gasteiger partial charge in [-0.3, -0.25) is 10.1 Å². The molecule has 94 valence electrons. The number of imidazole rings is 1. The van der Waals surface area contributed by atoms with Gasteiger partial charge in [-0.2, -0.15) is 0 Å². The summed E-state index contributed by atoms with van der Waals surface area (Å²) in [4.78, 5) is 15.1. The van der Waals surface area contributed by atoms with Gasteiger partial charge in [0.2, 0.25) is 0 Å². The van der Waals surface area contributed by atoms with Crippen molar-refractivity contribution in [1.82, 2.24) is 9.38 Å². The Labute approximate surface area is 116 Å². The highest BCUT2D eigenvalue weighted by Crippen LogP contribution is 2.30. The van der Waals surface area contributed by atoms with Crippen molar-refractivity contribution in [2.24, 2.45) is 0 Å². The smallest absolute Gasteiger partial charge is 0.278 e. The second-order valence-corrected chi connectivity index (χ2v) is 4.84. The van der Waals surface area contributed by atoms with Gasteiger partial charge >= 0.3 is 0 Å². The van der Waals surface area contributed by atoms with E-state index in [2.05, 4.69) is 20.9 Å². The lowest BCUT2D eigenvalue weighted by Crippen LogP contribution is -1.91.